The predicted molar refractivity (Wildman–Crippen MR) is 123 cm³/mol. The first kappa shape index (κ1) is 25.5. The van der Waals surface area contributed by atoms with Crippen LogP contribution in [0, 0.1) is 24.5 Å². The number of pyridine rings is 2. The first-order valence-electron chi connectivity index (χ1n) is 10.7. The van der Waals surface area contributed by atoms with Crippen LogP contribution in [0.4, 0.5) is 13.2 Å². The molecule has 0 aliphatic heterocycles. The smallest absolute Gasteiger partial charge is 0.263 e. The highest BCUT2D eigenvalue weighted by Gasteiger charge is 2.35. The summed E-state index contributed by atoms with van der Waals surface area (Å²) >= 11 is 5.99. The zero-order valence-corrected chi connectivity index (χ0v) is 20.0. The predicted octanol–water partition coefficient (Wildman–Crippen LogP) is 5.54. The number of aromatic nitrogens is 2. The van der Waals surface area contributed by atoms with Crippen molar-refractivity contribution in [3.63, 3.8) is 0 Å². The highest BCUT2D eigenvalue weighted by atomic mass is 35.5. The molecule has 1 N–H and O–H groups in total. The Hall–Kier alpha value is -3.13. The summed E-state index contributed by atoms with van der Waals surface area (Å²) in [5.74, 6) is -5.83. The van der Waals surface area contributed by atoms with Crippen LogP contribution in [-0.4, -0.2) is 27.5 Å². The van der Waals surface area contributed by atoms with E-state index < -0.39 is 46.6 Å². The molecule has 3 aromatic rings. The van der Waals surface area contributed by atoms with Crippen LogP contribution in [0.15, 0.2) is 48.7 Å². The molecule has 5 nitrogen and oxygen atoms in total. The summed E-state index contributed by atoms with van der Waals surface area (Å²) in [4.78, 5) is 20.8. The molecule has 0 fully saturated rings. The van der Waals surface area contributed by atoms with Gasteiger partial charge in [0.1, 0.15) is 0 Å². The number of ether oxygens (including phenoxy) is 1. The number of amides is 1. The molecule has 0 saturated carbocycles. The van der Waals surface area contributed by atoms with Gasteiger partial charge in [-0.1, -0.05) is 29.8 Å². The summed E-state index contributed by atoms with van der Waals surface area (Å²) < 4.78 is 47.3. The summed E-state index contributed by atoms with van der Waals surface area (Å²) in [7, 11) is 0. The minimum absolute atomic E-state index is 0.216. The van der Waals surface area contributed by atoms with Gasteiger partial charge in [0.2, 0.25) is 11.8 Å². The van der Waals surface area contributed by atoms with Crippen molar-refractivity contribution in [2.24, 2.45) is 0 Å². The van der Waals surface area contributed by atoms with Gasteiger partial charge >= 0.3 is 0 Å². The number of carbonyl (C=O) groups excluding carboxylic acids is 1. The molecule has 2 atom stereocenters. The van der Waals surface area contributed by atoms with Gasteiger partial charge in [-0.3, -0.25) is 9.78 Å². The van der Waals surface area contributed by atoms with E-state index in [1.807, 2.05) is 31.2 Å². The van der Waals surface area contributed by atoms with E-state index in [2.05, 4.69) is 15.3 Å². The molecule has 1 amide bonds. The van der Waals surface area contributed by atoms with Crippen molar-refractivity contribution in [1.29, 1.82) is 0 Å². The molecule has 0 aliphatic carbocycles. The van der Waals surface area contributed by atoms with Crippen LogP contribution in [0.3, 0.4) is 0 Å². The number of benzene rings is 1. The van der Waals surface area contributed by atoms with E-state index in [-0.39, 0.29) is 5.92 Å². The Bertz CT molecular complexity index is 1160. The largest absolute Gasteiger partial charge is 0.459 e. The Morgan fingerprint density at radius 1 is 1.12 bits per heavy atom. The summed E-state index contributed by atoms with van der Waals surface area (Å²) in [5.41, 5.74) is -0.486. The highest BCUT2D eigenvalue weighted by Crippen LogP contribution is 2.27. The second-order valence-corrected chi connectivity index (χ2v) is 8.96. The van der Waals surface area contributed by atoms with Gasteiger partial charge in [0, 0.05) is 34.4 Å². The lowest BCUT2D eigenvalue weighted by Crippen LogP contribution is -2.51. The van der Waals surface area contributed by atoms with E-state index in [1.54, 1.807) is 24.4 Å². The van der Waals surface area contributed by atoms with Crippen molar-refractivity contribution in [2.45, 2.75) is 51.7 Å². The standard InChI is InChI=1S/C25H25ClF3N3O2/c1-14-20(27)21(28)23(32-22(14)29)34-25(3,4)24(33)31-15(2)18(19-7-5-6-12-30-19)13-16-8-10-17(26)11-9-16/h5-12,15,18H,13H2,1-4H3,(H,31,33). The quantitative estimate of drug-likeness (QED) is 0.420. The van der Waals surface area contributed by atoms with Crippen molar-refractivity contribution in [3.8, 4) is 5.88 Å². The van der Waals surface area contributed by atoms with Crippen molar-refractivity contribution in [1.82, 2.24) is 15.3 Å². The fourth-order valence-electron chi connectivity index (χ4n) is 3.42. The van der Waals surface area contributed by atoms with E-state index in [9.17, 15) is 18.0 Å². The molecule has 2 heterocycles. The average Bonchev–Trinajstić information content (AvgIpc) is 2.81. The van der Waals surface area contributed by atoms with Crippen molar-refractivity contribution < 1.29 is 22.7 Å². The number of hydrogen-bond donors (Lipinski definition) is 1. The molecule has 9 heteroatoms. The van der Waals surface area contributed by atoms with Crippen LogP contribution in [0.5, 0.6) is 5.88 Å². The molecule has 180 valence electrons. The number of nitrogens with zero attached hydrogens (tertiary/aromatic N) is 2. The number of halogens is 4. The molecular weight excluding hydrogens is 467 g/mol. The fourth-order valence-corrected chi connectivity index (χ4v) is 3.54. The average molecular weight is 492 g/mol. The third kappa shape index (κ3) is 5.86. The Labute approximate surface area is 201 Å². The molecule has 0 radical (unpaired) electrons. The maximum absolute atomic E-state index is 14.2. The Balaban J connectivity index is 1.80. The molecule has 0 aliphatic rings. The second kappa shape index (κ2) is 10.4. The first-order valence-corrected chi connectivity index (χ1v) is 11.0. The number of hydrogen-bond acceptors (Lipinski definition) is 4. The van der Waals surface area contributed by atoms with E-state index in [0.29, 0.717) is 11.4 Å². The minimum Gasteiger partial charge on any atom is -0.459 e. The topological polar surface area (TPSA) is 64.1 Å². The van der Waals surface area contributed by atoms with Gasteiger partial charge in [-0.25, -0.2) is 4.39 Å². The SMILES string of the molecule is Cc1c(F)nc(OC(C)(C)C(=O)NC(C)C(Cc2ccc(Cl)cc2)c2ccccn2)c(F)c1F. The molecule has 2 aromatic heterocycles. The van der Waals surface area contributed by atoms with Crippen LogP contribution in [-0.2, 0) is 11.2 Å². The zero-order valence-electron chi connectivity index (χ0n) is 19.2. The van der Waals surface area contributed by atoms with Crippen molar-refractivity contribution >= 4 is 17.5 Å². The number of rotatable bonds is 8. The number of carbonyl (C=O) groups is 1. The van der Waals surface area contributed by atoms with Crippen LogP contribution in [0.2, 0.25) is 5.02 Å². The van der Waals surface area contributed by atoms with Gasteiger partial charge in [0.15, 0.2) is 11.4 Å². The lowest BCUT2D eigenvalue weighted by atomic mass is 9.89. The van der Waals surface area contributed by atoms with Crippen LogP contribution in [0.25, 0.3) is 0 Å². The molecule has 1 aromatic carbocycles. The van der Waals surface area contributed by atoms with E-state index >= 15 is 0 Å². The van der Waals surface area contributed by atoms with Crippen molar-refractivity contribution in [2.75, 3.05) is 0 Å². The first-order chi connectivity index (χ1) is 16.0. The van der Waals surface area contributed by atoms with E-state index in [4.69, 9.17) is 16.3 Å². The van der Waals surface area contributed by atoms with Gasteiger partial charge < -0.3 is 10.1 Å². The van der Waals surface area contributed by atoms with E-state index in [0.717, 1.165) is 18.2 Å². The molecule has 0 spiro atoms. The van der Waals surface area contributed by atoms with E-state index in [1.165, 1.54) is 13.8 Å². The Morgan fingerprint density at radius 2 is 1.79 bits per heavy atom. The molecule has 0 bridgehead atoms. The van der Waals surface area contributed by atoms with Gasteiger partial charge in [-0.05, 0) is 63.9 Å². The third-order valence-corrected chi connectivity index (χ3v) is 5.77. The molecule has 34 heavy (non-hydrogen) atoms. The normalized spacial score (nSPS) is 13.3. The summed E-state index contributed by atoms with van der Waals surface area (Å²) in [6, 6.07) is 12.5. The molecular formula is C25H25ClF3N3O2. The highest BCUT2D eigenvalue weighted by molar-refractivity contribution is 6.30. The van der Waals surface area contributed by atoms with Crippen molar-refractivity contribution in [3.05, 3.63) is 88.1 Å². The van der Waals surface area contributed by atoms with Crippen LogP contribution in [0.1, 0.15) is 43.5 Å². The fraction of sp³-hybridized carbons (Fsp3) is 0.320. The van der Waals surface area contributed by atoms with Gasteiger partial charge in [0.25, 0.3) is 11.8 Å². The monoisotopic (exact) mass is 491 g/mol. The Morgan fingerprint density at radius 3 is 2.41 bits per heavy atom. The lowest BCUT2D eigenvalue weighted by molar-refractivity contribution is -0.135. The minimum atomic E-state index is -1.68. The van der Waals surface area contributed by atoms with Crippen LogP contribution < -0.4 is 10.1 Å². The lowest BCUT2D eigenvalue weighted by Gasteiger charge is -2.30. The molecule has 0 saturated heterocycles. The van der Waals surface area contributed by atoms with Gasteiger partial charge in [-0.2, -0.15) is 13.8 Å². The zero-order chi connectivity index (χ0) is 25.0. The van der Waals surface area contributed by atoms with Crippen LogP contribution >= 0.6 is 11.6 Å². The maximum atomic E-state index is 14.2. The molecule has 2 unspecified atom stereocenters. The Kier molecular flexibility index (Phi) is 7.82. The number of nitrogens with one attached hydrogen (secondary N) is 1. The summed E-state index contributed by atoms with van der Waals surface area (Å²) in [6.45, 7) is 5.59. The summed E-state index contributed by atoms with van der Waals surface area (Å²) in [6.07, 6.45) is 2.22. The maximum Gasteiger partial charge on any atom is 0.263 e. The third-order valence-electron chi connectivity index (χ3n) is 5.52. The molecule has 3 rings (SSSR count). The van der Waals surface area contributed by atoms with Gasteiger partial charge in [0.05, 0.1) is 0 Å². The van der Waals surface area contributed by atoms with Gasteiger partial charge in [-0.15, -0.1) is 0 Å². The second-order valence-electron chi connectivity index (χ2n) is 8.53. The summed E-state index contributed by atoms with van der Waals surface area (Å²) in [5, 5.41) is 3.48.